The number of hydrogen-bond donors (Lipinski definition) is 0. The Morgan fingerprint density at radius 3 is 2.92 bits per heavy atom. The Hall–Kier alpha value is -0.247. The minimum atomic E-state index is 0.763. The minimum absolute atomic E-state index is 0.763. The standard InChI is InChI=1S/C10H8S.Ru/c1-2-9(8-5-6-8)10-4-3-7-11-10;/h3-4,7-8H,5-6H2;/q;+1. The normalized spacial score (nSPS) is 15.0. The van der Waals surface area contributed by atoms with E-state index in [0.29, 0.717) is 0 Å². The van der Waals surface area contributed by atoms with Crippen LogP contribution in [0.1, 0.15) is 17.7 Å². The van der Waals surface area contributed by atoms with Crippen molar-refractivity contribution in [2.24, 2.45) is 5.92 Å². The van der Waals surface area contributed by atoms with Crippen LogP contribution in [-0.4, -0.2) is 4.26 Å². The van der Waals surface area contributed by atoms with E-state index in [4.69, 9.17) is 0 Å². The van der Waals surface area contributed by atoms with Crippen LogP contribution in [0.2, 0.25) is 0 Å². The van der Waals surface area contributed by atoms with Gasteiger partial charge in [0, 0.05) is 0 Å². The van der Waals surface area contributed by atoms with Crippen LogP contribution in [0.5, 0.6) is 0 Å². The van der Waals surface area contributed by atoms with Gasteiger partial charge in [-0.3, -0.25) is 0 Å². The molecule has 0 radical (unpaired) electrons. The number of rotatable bonds is 2. The van der Waals surface area contributed by atoms with E-state index >= 15 is 0 Å². The molecule has 0 atom stereocenters. The molecular weight excluding hydrogens is 253 g/mol. The third kappa shape index (κ3) is 1.74. The van der Waals surface area contributed by atoms with Gasteiger partial charge in [0.05, 0.1) is 0 Å². The molecule has 1 heterocycles. The van der Waals surface area contributed by atoms with Crippen molar-refractivity contribution in [2.45, 2.75) is 12.8 Å². The second-order valence-corrected chi connectivity index (χ2v) is 4.26. The molecule has 2 heteroatoms. The SMILES string of the molecule is [Ru+]=[C]=C=C(c1cccs1)C1CC1. The molecule has 0 aromatic carbocycles. The quantitative estimate of drug-likeness (QED) is 0.567. The van der Waals surface area contributed by atoms with Gasteiger partial charge in [-0.1, -0.05) is 0 Å². The van der Waals surface area contributed by atoms with Crippen molar-refractivity contribution >= 4 is 21.2 Å². The first-order chi connectivity index (χ1) is 5.92. The monoisotopic (exact) mass is 262 g/mol. The molecule has 1 aromatic heterocycles. The van der Waals surface area contributed by atoms with Gasteiger partial charge < -0.3 is 0 Å². The molecule has 1 aliphatic rings. The predicted octanol–water partition coefficient (Wildman–Crippen LogP) is 2.64. The van der Waals surface area contributed by atoms with E-state index in [1.807, 2.05) is 0 Å². The summed E-state index contributed by atoms with van der Waals surface area (Å²) in [5.41, 5.74) is 4.54. The van der Waals surface area contributed by atoms with Crippen molar-refractivity contribution in [2.75, 3.05) is 0 Å². The van der Waals surface area contributed by atoms with Gasteiger partial charge in [-0.2, -0.15) is 0 Å². The average molecular weight is 261 g/mol. The average Bonchev–Trinajstić information content (AvgIpc) is 2.77. The van der Waals surface area contributed by atoms with E-state index in [9.17, 15) is 0 Å². The van der Waals surface area contributed by atoms with Crippen molar-refractivity contribution in [3.8, 4) is 0 Å². The van der Waals surface area contributed by atoms with Crippen LogP contribution in [0.4, 0.5) is 0 Å². The molecule has 0 bridgehead atoms. The van der Waals surface area contributed by atoms with Crippen molar-refractivity contribution in [3.63, 3.8) is 0 Å². The van der Waals surface area contributed by atoms with E-state index in [1.165, 1.54) is 23.3 Å². The Morgan fingerprint density at radius 1 is 1.58 bits per heavy atom. The van der Waals surface area contributed by atoms with Gasteiger partial charge in [-0.25, -0.2) is 0 Å². The number of thiophene rings is 1. The molecule has 0 saturated heterocycles. The van der Waals surface area contributed by atoms with Crippen LogP contribution in [0, 0.1) is 5.92 Å². The van der Waals surface area contributed by atoms with Gasteiger partial charge in [0.1, 0.15) is 0 Å². The molecular formula is C10H8RuS+. The van der Waals surface area contributed by atoms with Crippen molar-refractivity contribution < 1.29 is 17.9 Å². The van der Waals surface area contributed by atoms with Crippen LogP contribution in [0.25, 0.3) is 5.57 Å². The van der Waals surface area contributed by atoms with Gasteiger partial charge in [0.25, 0.3) is 0 Å². The fourth-order valence-electron chi connectivity index (χ4n) is 1.22. The summed E-state index contributed by atoms with van der Waals surface area (Å²) in [5.74, 6) is 0.763. The molecule has 0 unspecified atom stereocenters. The Kier molecular flexibility index (Phi) is 2.54. The van der Waals surface area contributed by atoms with Gasteiger partial charge in [0.2, 0.25) is 0 Å². The summed E-state index contributed by atoms with van der Waals surface area (Å²) in [5, 5.41) is 2.11. The molecule has 0 amide bonds. The van der Waals surface area contributed by atoms with E-state index < -0.39 is 0 Å². The van der Waals surface area contributed by atoms with Gasteiger partial charge in [0.15, 0.2) is 0 Å². The van der Waals surface area contributed by atoms with Gasteiger partial charge in [-0.05, 0) is 0 Å². The second kappa shape index (κ2) is 3.64. The maximum atomic E-state index is 3.19. The molecule has 0 spiro atoms. The summed E-state index contributed by atoms with van der Waals surface area (Å²) in [6.07, 6.45) is 2.65. The van der Waals surface area contributed by atoms with Crippen LogP contribution in [-0.2, 0) is 17.9 Å². The molecule has 1 aromatic rings. The molecule has 0 nitrogen and oxygen atoms in total. The fourth-order valence-corrected chi connectivity index (χ4v) is 2.26. The summed E-state index contributed by atoms with van der Waals surface area (Å²) in [6, 6.07) is 4.25. The fraction of sp³-hybridized carbons (Fsp3) is 0.300. The van der Waals surface area contributed by atoms with Crippen LogP contribution in [0.3, 0.4) is 0 Å². The third-order valence-electron chi connectivity index (χ3n) is 1.95. The Morgan fingerprint density at radius 2 is 2.42 bits per heavy atom. The van der Waals surface area contributed by atoms with Crippen LogP contribution >= 0.6 is 11.3 Å². The summed E-state index contributed by atoms with van der Waals surface area (Å²) < 4.78 is 2.93. The molecule has 12 heavy (non-hydrogen) atoms. The van der Waals surface area contributed by atoms with E-state index in [-0.39, 0.29) is 0 Å². The van der Waals surface area contributed by atoms with Gasteiger partial charge >= 0.3 is 85.9 Å². The summed E-state index contributed by atoms with van der Waals surface area (Å²) in [6.45, 7) is 0. The maximum absolute atomic E-state index is 3.19. The van der Waals surface area contributed by atoms with Crippen molar-refractivity contribution in [1.29, 1.82) is 0 Å². The second-order valence-electron chi connectivity index (χ2n) is 2.88. The van der Waals surface area contributed by atoms with Crippen molar-refractivity contribution in [3.05, 3.63) is 28.1 Å². The molecule has 1 aliphatic carbocycles. The summed E-state index contributed by atoms with van der Waals surface area (Å²) in [7, 11) is 0. The molecule has 0 aliphatic heterocycles. The zero-order valence-corrected chi connectivity index (χ0v) is 9.04. The first kappa shape index (κ1) is 8.36. The van der Waals surface area contributed by atoms with Crippen LogP contribution < -0.4 is 0 Å². The Balaban J connectivity index is 2.41. The molecule has 0 N–H and O–H groups in total. The van der Waals surface area contributed by atoms with Crippen LogP contribution in [0.15, 0.2) is 23.2 Å². The Labute approximate surface area is 85.8 Å². The zero-order valence-electron chi connectivity index (χ0n) is 6.49. The van der Waals surface area contributed by atoms with E-state index in [0.717, 1.165) is 5.92 Å². The van der Waals surface area contributed by atoms with E-state index in [2.05, 4.69) is 45.4 Å². The zero-order chi connectivity index (χ0) is 8.39. The first-order valence-electron chi connectivity index (χ1n) is 3.93. The number of hydrogen-bond acceptors (Lipinski definition) is 1. The molecule has 61 valence electrons. The number of allylic oxidation sites excluding steroid dienone is 1. The molecule has 1 fully saturated rings. The first-order valence-corrected chi connectivity index (χ1v) is 5.68. The molecule has 1 saturated carbocycles. The van der Waals surface area contributed by atoms with E-state index in [1.54, 1.807) is 11.3 Å². The third-order valence-corrected chi connectivity index (χ3v) is 3.07. The van der Waals surface area contributed by atoms with Crippen molar-refractivity contribution in [1.82, 2.24) is 0 Å². The summed E-state index contributed by atoms with van der Waals surface area (Å²) >= 11 is 4.17. The molecule has 2 rings (SSSR count). The topological polar surface area (TPSA) is 0 Å². The summed E-state index contributed by atoms with van der Waals surface area (Å²) in [4.78, 5) is 1.36. The predicted molar refractivity (Wildman–Crippen MR) is 49.0 cm³/mol. The Bertz CT molecular complexity index is 347. The van der Waals surface area contributed by atoms with Gasteiger partial charge in [-0.15, -0.1) is 0 Å².